The zero-order chi connectivity index (χ0) is 24.3. The van der Waals surface area contributed by atoms with E-state index in [2.05, 4.69) is 19.8 Å². The summed E-state index contributed by atoms with van der Waals surface area (Å²) in [6, 6.07) is 11.6. The smallest absolute Gasteiger partial charge is 0.422 e. The second-order valence-corrected chi connectivity index (χ2v) is 7.58. The average molecular weight is 489 g/mol. The molecule has 4 aromatic rings. The first-order valence-corrected chi connectivity index (χ1v) is 10.3. The summed E-state index contributed by atoms with van der Waals surface area (Å²) in [7, 11) is 1.60. The van der Waals surface area contributed by atoms with Gasteiger partial charge in [0.25, 0.3) is 5.56 Å². The fourth-order valence-electron chi connectivity index (χ4n) is 3.15. The molecule has 176 valence electrons. The quantitative estimate of drug-likeness (QED) is 0.393. The number of aromatic nitrogens is 5. The number of hydrogen-bond acceptors (Lipinski definition) is 6. The highest BCUT2D eigenvalue weighted by Gasteiger charge is 2.28. The average Bonchev–Trinajstić information content (AvgIpc) is 3.26. The standard InChI is InChI=1S/C22H18F3N5O3S/c1-32-17-5-2-14(3-6-17)11-29-12-15(9-27-29)18-8-20(31)30(21(34)28-18)16-4-7-19(26-10-16)33-13-22(23,24)25/h2-10,12H,11,13H2,1H3,(H,28,34). The van der Waals surface area contributed by atoms with Gasteiger partial charge in [-0.1, -0.05) is 12.1 Å². The van der Waals surface area contributed by atoms with Crippen LogP contribution in [0.25, 0.3) is 16.9 Å². The lowest BCUT2D eigenvalue weighted by Crippen LogP contribution is -2.21. The van der Waals surface area contributed by atoms with Crippen LogP contribution in [-0.4, -0.2) is 44.2 Å². The fraction of sp³-hybridized carbons (Fsp3) is 0.182. The van der Waals surface area contributed by atoms with Gasteiger partial charge in [-0.3, -0.25) is 14.0 Å². The number of halogens is 3. The van der Waals surface area contributed by atoms with Crippen LogP contribution < -0.4 is 15.0 Å². The van der Waals surface area contributed by atoms with Crippen LogP contribution in [0.1, 0.15) is 5.56 Å². The van der Waals surface area contributed by atoms with Crippen LogP contribution in [0.2, 0.25) is 0 Å². The van der Waals surface area contributed by atoms with Crippen molar-refractivity contribution in [1.29, 1.82) is 0 Å². The van der Waals surface area contributed by atoms with Gasteiger partial charge in [0.05, 0.1) is 37.4 Å². The van der Waals surface area contributed by atoms with Gasteiger partial charge in [-0.2, -0.15) is 18.3 Å². The number of pyridine rings is 1. The van der Waals surface area contributed by atoms with E-state index in [1.54, 1.807) is 24.2 Å². The predicted molar refractivity (Wildman–Crippen MR) is 120 cm³/mol. The second kappa shape index (κ2) is 9.51. The topological polar surface area (TPSA) is 87.0 Å². The number of nitrogens with one attached hydrogen (secondary N) is 1. The largest absolute Gasteiger partial charge is 0.497 e. The van der Waals surface area contributed by atoms with E-state index in [-0.39, 0.29) is 16.3 Å². The molecule has 34 heavy (non-hydrogen) atoms. The third-order valence-electron chi connectivity index (χ3n) is 4.74. The summed E-state index contributed by atoms with van der Waals surface area (Å²) in [5.41, 5.74) is 2.01. The Morgan fingerprint density at radius 3 is 2.50 bits per heavy atom. The number of methoxy groups -OCH3 is 1. The molecule has 3 aromatic heterocycles. The highest BCUT2D eigenvalue weighted by atomic mass is 32.1. The monoisotopic (exact) mass is 489 g/mol. The number of benzene rings is 1. The number of nitrogens with zero attached hydrogens (tertiary/aromatic N) is 4. The van der Waals surface area contributed by atoms with Crippen LogP contribution in [0.5, 0.6) is 11.6 Å². The molecule has 1 N–H and O–H groups in total. The molecule has 0 bridgehead atoms. The molecule has 3 heterocycles. The first-order valence-electron chi connectivity index (χ1n) is 9.90. The van der Waals surface area contributed by atoms with Crippen molar-refractivity contribution < 1.29 is 22.6 Å². The first kappa shape index (κ1) is 23.2. The molecule has 0 saturated carbocycles. The molecule has 4 rings (SSSR count). The van der Waals surface area contributed by atoms with Gasteiger partial charge in [-0.05, 0) is 36.0 Å². The number of aromatic amines is 1. The Kier molecular flexibility index (Phi) is 6.50. The van der Waals surface area contributed by atoms with Gasteiger partial charge in [0.15, 0.2) is 11.4 Å². The first-order chi connectivity index (χ1) is 16.2. The van der Waals surface area contributed by atoms with Crippen molar-refractivity contribution >= 4 is 12.2 Å². The van der Waals surface area contributed by atoms with Gasteiger partial charge in [-0.15, -0.1) is 0 Å². The molecule has 0 aliphatic heterocycles. The molecular formula is C22H18F3N5O3S. The number of alkyl halides is 3. The zero-order valence-corrected chi connectivity index (χ0v) is 18.6. The van der Waals surface area contributed by atoms with Crippen molar-refractivity contribution in [2.24, 2.45) is 0 Å². The van der Waals surface area contributed by atoms with Gasteiger partial charge in [0, 0.05) is 23.9 Å². The van der Waals surface area contributed by atoms with Gasteiger partial charge >= 0.3 is 6.18 Å². The fourth-order valence-corrected chi connectivity index (χ4v) is 3.45. The molecule has 0 amide bonds. The Balaban J connectivity index is 1.53. The lowest BCUT2D eigenvalue weighted by Gasteiger charge is -2.10. The maximum Gasteiger partial charge on any atom is 0.422 e. The van der Waals surface area contributed by atoms with Crippen LogP contribution in [0.15, 0.2) is 65.8 Å². The Morgan fingerprint density at radius 1 is 1.12 bits per heavy atom. The summed E-state index contributed by atoms with van der Waals surface area (Å²) < 4.78 is 49.6. The minimum absolute atomic E-state index is 0.0937. The zero-order valence-electron chi connectivity index (χ0n) is 17.7. The lowest BCUT2D eigenvalue weighted by atomic mass is 10.2. The summed E-state index contributed by atoms with van der Waals surface area (Å²) in [5.74, 6) is 0.543. The van der Waals surface area contributed by atoms with Crippen LogP contribution in [0.4, 0.5) is 13.2 Å². The SMILES string of the molecule is COc1ccc(Cn2cc(-c3cc(=O)n(-c4ccc(OCC(F)(F)F)nc4)c(=S)[nH]3)cn2)cc1. The normalized spacial score (nSPS) is 11.4. The van der Waals surface area contributed by atoms with Gasteiger partial charge in [0.1, 0.15) is 5.75 Å². The molecule has 0 unspecified atom stereocenters. The van der Waals surface area contributed by atoms with E-state index in [9.17, 15) is 18.0 Å². The lowest BCUT2D eigenvalue weighted by molar-refractivity contribution is -0.154. The molecule has 0 saturated heterocycles. The maximum absolute atomic E-state index is 12.8. The number of rotatable bonds is 7. The van der Waals surface area contributed by atoms with E-state index >= 15 is 0 Å². The highest BCUT2D eigenvalue weighted by molar-refractivity contribution is 7.71. The van der Waals surface area contributed by atoms with E-state index in [0.717, 1.165) is 11.3 Å². The molecule has 0 spiro atoms. The third kappa shape index (κ3) is 5.52. The molecule has 8 nitrogen and oxygen atoms in total. The van der Waals surface area contributed by atoms with Crippen LogP contribution in [-0.2, 0) is 6.54 Å². The highest BCUT2D eigenvalue weighted by Crippen LogP contribution is 2.19. The summed E-state index contributed by atoms with van der Waals surface area (Å²) >= 11 is 5.34. The Hall–Kier alpha value is -3.93. The van der Waals surface area contributed by atoms with Crippen molar-refractivity contribution in [3.63, 3.8) is 0 Å². The summed E-state index contributed by atoms with van der Waals surface area (Å²) in [4.78, 5) is 19.6. The van der Waals surface area contributed by atoms with E-state index < -0.39 is 18.3 Å². The van der Waals surface area contributed by atoms with Crippen molar-refractivity contribution in [2.45, 2.75) is 12.7 Å². The van der Waals surface area contributed by atoms with E-state index in [1.807, 2.05) is 24.3 Å². The summed E-state index contributed by atoms with van der Waals surface area (Å²) in [6.45, 7) is -0.934. The van der Waals surface area contributed by atoms with Gasteiger partial charge in [0.2, 0.25) is 5.88 Å². The van der Waals surface area contributed by atoms with Crippen molar-refractivity contribution in [2.75, 3.05) is 13.7 Å². The van der Waals surface area contributed by atoms with Crippen molar-refractivity contribution in [3.8, 4) is 28.6 Å². The molecule has 1 aromatic carbocycles. The van der Waals surface area contributed by atoms with E-state index in [4.69, 9.17) is 17.0 Å². The Morgan fingerprint density at radius 2 is 1.88 bits per heavy atom. The molecular weight excluding hydrogens is 471 g/mol. The molecule has 0 fully saturated rings. The second-order valence-electron chi connectivity index (χ2n) is 7.19. The van der Waals surface area contributed by atoms with Crippen molar-refractivity contribution in [1.82, 2.24) is 24.3 Å². The van der Waals surface area contributed by atoms with Gasteiger partial charge < -0.3 is 14.5 Å². The number of ether oxygens (including phenoxy) is 2. The molecule has 0 radical (unpaired) electrons. The molecule has 12 heteroatoms. The van der Waals surface area contributed by atoms with E-state index in [0.29, 0.717) is 17.8 Å². The molecule has 0 aliphatic carbocycles. The number of H-pyrrole nitrogens is 1. The molecule has 0 atom stereocenters. The van der Waals surface area contributed by atoms with Gasteiger partial charge in [-0.25, -0.2) is 4.98 Å². The Labute approximate surface area is 196 Å². The number of hydrogen-bond donors (Lipinski definition) is 1. The maximum atomic E-state index is 12.8. The summed E-state index contributed by atoms with van der Waals surface area (Å²) in [6.07, 6.45) is 0.132. The summed E-state index contributed by atoms with van der Waals surface area (Å²) in [5, 5.41) is 4.33. The van der Waals surface area contributed by atoms with E-state index in [1.165, 1.54) is 29.0 Å². The third-order valence-corrected chi connectivity index (χ3v) is 5.03. The molecule has 0 aliphatic rings. The van der Waals surface area contributed by atoms with Crippen LogP contribution in [0, 0.1) is 4.77 Å². The van der Waals surface area contributed by atoms with Crippen molar-refractivity contribution in [3.05, 3.63) is 81.7 Å². The van der Waals surface area contributed by atoms with Crippen LogP contribution in [0.3, 0.4) is 0 Å². The minimum Gasteiger partial charge on any atom is -0.497 e. The predicted octanol–water partition coefficient (Wildman–Crippen LogP) is 4.15. The van der Waals surface area contributed by atoms with Crippen LogP contribution >= 0.6 is 12.2 Å². The Bertz CT molecular complexity index is 1360. The minimum atomic E-state index is -4.47.